The molecule has 0 aliphatic heterocycles. The summed E-state index contributed by atoms with van der Waals surface area (Å²) in [5, 5.41) is 12.9. The molecule has 0 aliphatic carbocycles. The number of amides is 1. The topological polar surface area (TPSA) is 66.4 Å². The Labute approximate surface area is 130 Å². The summed E-state index contributed by atoms with van der Waals surface area (Å²) in [6.45, 7) is 0. The van der Waals surface area contributed by atoms with Crippen LogP contribution in [-0.4, -0.2) is 17.0 Å². The van der Waals surface area contributed by atoms with Crippen molar-refractivity contribution in [3.63, 3.8) is 0 Å². The van der Waals surface area contributed by atoms with Crippen molar-refractivity contribution in [1.29, 1.82) is 0 Å². The van der Waals surface area contributed by atoms with Crippen molar-refractivity contribution < 1.29 is 23.5 Å². The molecule has 0 fully saturated rings. The monoisotopic (exact) mass is 375 g/mol. The molecule has 0 saturated carbocycles. The van der Waals surface area contributed by atoms with Crippen LogP contribution in [0, 0.1) is 11.6 Å². The number of hydrogen-bond donors (Lipinski definition) is 2. The highest BCUT2D eigenvalue weighted by Gasteiger charge is 2.26. The molecular formula is C13H8BrF2NO3S. The minimum Gasteiger partial charge on any atom is -0.479 e. The zero-order valence-electron chi connectivity index (χ0n) is 10.3. The first-order chi connectivity index (χ1) is 9.90. The van der Waals surface area contributed by atoms with E-state index < -0.39 is 35.1 Å². The first-order valence-corrected chi connectivity index (χ1v) is 7.29. The maximum atomic E-state index is 13.7. The van der Waals surface area contributed by atoms with E-state index in [0.717, 1.165) is 23.5 Å². The first kappa shape index (κ1) is 15.6. The summed E-state index contributed by atoms with van der Waals surface area (Å²) < 4.78 is 27.5. The SMILES string of the molecule is O=C(NC(C(=O)O)c1cccs1)c1c(F)cc(Br)cc1F. The van der Waals surface area contributed by atoms with Crippen molar-refractivity contribution in [3.05, 3.63) is 56.2 Å². The zero-order chi connectivity index (χ0) is 15.6. The van der Waals surface area contributed by atoms with Gasteiger partial charge in [0.05, 0.1) is 0 Å². The van der Waals surface area contributed by atoms with Gasteiger partial charge < -0.3 is 10.4 Å². The molecule has 2 aromatic rings. The summed E-state index contributed by atoms with van der Waals surface area (Å²) in [4.78, 5) is 23.5. The molecule has 1 aromatic carbocycles. The molecule has 0 spiro atoms. The van der Waals surface area contributed by atoms with Crippen LogP contribution in [0.15, 0.2) is 34.1 Å². The number of benzene rings is 1. The number of carbonyl (C=O) groups is 2. The third-order valence-corrected chi connectivity index (χ3v) is 3.98. The first-order valence-electron chi connectivity index (χ1n) is 5.61. The third-order valence-electron chi connectivity index (χ3n) is 2.58. The van der Waals surface area contributed by atoms with Crippen LogP contribution in [-0.2, 0) is 4.79 Å². The number of rotatable bonds is 4. The molecule has 0 aliphatic rings. The Hall–Kier alpha value is -1.80. The van der Waals surface area contributed by atoms with E-state index in [4.69, 9.17) is 5.11 Å². The van der Waals surface area contributed by atoms with Crippen LogP contribution in [0.3, 0.4) is 0 Å². The molecule has 8 heteroatoms. The fourth-order valence-electron chi connectivity index (χ4n) is 1.67. The molecule has 1 heterocycles. The number of halogens is 3. The highest BCUT2D eigenvalue weighted by atomic mass is 79.9. The Morgan fingerprint density at radius 1 is 1.29 bits per heavy atom. The Morgan fingerprint density at radius 3 is 2.38 bits per heavy atom. The highest BCUT2D eigenvalue weighted by molar-refractivity contribution is 9.10. The molecule has 1 unspecified atom stereocenters. The van der Waals surface area contributed by atoms with Crippen LogP contribution >= 0.6 is 27.3 Å². The molecule has 0 bridgehead atoms. The minimum atomic E-state index is -1.36. The second-order valence-corrected chi connectivity index (χ2v) is 5.90. The van der Waals surface area contributed by atoms with Gasteiger partial charge in [-0.1, -0.05) is 22.0 Å². The minimum absolute atomic E-state index is 0.141. The second kappa shape index (κ2) is 6.31. The average molecular weight is 376 g/mol. The quantitative estimate of drug-likeness (QED) is 0.860. The fraction of sp³-hybridized carbons (Fsp3) is 0.0769. The van der Waals surface area contributed by atoms with Gasteiger partial charge in [0.1, 0.15) is 17.2 Å². The molecule has 2 rings (SSSR count). The van der Waals surface area contributed by atoms with Gasteiger partial charge in [-0.2, -0.15) is 0 Å². The third kappa shape index (κ3) is 3.45. The van der Waals surface area contributed by atoms with Crippen LogP contribution in [0.5, 0.6) is 0 Å². The van der Waals surface area contributed by atoms with Crippen molar-refractivity contribution in [2.45, 2.75) is 6.04 Å². The smallest absolute Gasteiger partial charge is 0.331 e. The predicted octanol–water partition coefficient (Wildman–Crippen LogP) is 3.34. The van der Waals surface area contributed by atoms with Gasteiger partial charge in [-0.15, -0.1) is 11.3 Å². The van der Waals surface area contributed by atoms with Crippen LogP contribution < -0.4 is 5.32 Å². The molecular weight excluding hydrogens is 368 g/mol. The highest BCUT2D eigenvalue weighted by Crippen LogP contribution is 2.22. The molecule has 21 heavy (non-hydrogen) atoms. The molecule has 110 valence electrons. The maximum Gasteiger partial charge on any atom is 0.331 e. The van der Waals surface area contributed by atoms with Crippen LogP contribution in [0.2, 0.25) is 0 Å². The summed E-state index contributed by atoms with van der Waals surface area (Å²) >= 11 is 4.01. The number of aliphatic carboxylic acids is 1. The Kier molecular flexibility index (Phi) is 4.69. The fourth-order valence-corrected chi connectivity index (χ4v) is 2.84. The van der Waals surface area contributed by atoms with Crippen LogP contribution in [0.1, 0.15) is 21.3 Å². The number of carboxylic acids is 1. The summed E-state index contributed by atoms with van der Waals surface area (Å²) in [7, 11) is 0. The number of hydrogen-bond acceptors (Lipinski definition) is 3. The lowest BCUT2D eigenvalue weighted by molar-refractivity contribution is -0.139. The molecule has 1 amide bonds. The van der Waals surface area contributed by atoms with E-state index in [-0.39, 0.29) is 4.47 Å². The van der Waals surface area contributed by atoms with E-state index in [1.165, 1.54) is 6.07 Å². The van der Waals surface area contributed by atoms with E-state index in [9.17, 15) is 18.4 Å². The molecule has 0 radical (unpaired) electrons. The van der Waals surface area contributed by atoms with Gasteiger partial charge in [0.2, 0.25) is 0 Å². The molecule has 1 atom stereocenters. The summed E-state index contributed by atoms with van der Waals surface area (Å²) in [6.07, 6.45) is 0. The Bertz CT molecular complexity index is 668. The molecule has 0 saturated heterocycles. The van der Waals surface area contributed by atoms with Gasteiger partial charge >= 0.3 is 5.97 Å². The summed E-state index contributed by atoms with van der Waals surface area (Å²) in [5.41, 5.74) is -0.819. The Balaban J connectivity index is 2.31. The van der Waals surface area contributed by atoms with Gasteiger partial charge in [0.15, 0.2) is 6.04 Å². The molecule has 4 nitrogen and oxygen atoms in total. The number of carboxylic acid groups (broad SMARTS) is 1. The van der Waals surface area contributed by atoms with E-state index in [2.05, 4.69) is 21.2 Å². The van der Waals surface area contributed by atoms with Gasteiger partial charge in [-0.3, -0.25) is 4.79 Å². The van der Waals surface area contributed by atoms with Crippen LogP contribution in [0.25, 0.3) is 0 Å². The van der Waals surface area contributed by atoms with E-state index in [0.29, 0.717) is 4.88 Å². The van der Waals surface area contributed by atoms with Crippen molar-refractivity contribution in [3.8, 4) is 0 Å². The zero-order valence-corrected chi connectivity index (χ0v) is 12.7. The van der Waals surface area contributed by atoms with E-state index in [1.807, 2.05) is 0 Å². The number of nitrogens with one attached hydrogen (secondary N) is 1. The standard InChI is InChI=1S/C13H8BrF2NO3S/c14-6-4-7(15)10(8(16)5-6)12(18)17-11(13(19)20)9-2-1-3-21-9/h1-5,11H,(H,17,18)(H,19,20). The van der Waals surface area contributed by atoms with E-state index in [1.54, 1.807) is 11.4 Å². The van der Waals surface area contributed by atoms with Gasteiger partial charge in [0.25, 0.3) is 5.91 Å². The number of thiophene rings is 1. The largest absolute Gasteiger partial charge is 0.479 e. The Morgan fingerprint density at radius 2 is 1.90 bits per heavy atom. The van der Waals surface area contributed by atoms with Crippen molar-refractivity contribution in [1.82, 2.24) is 5.32 Å². The van der Waals surface area contributed by atoms with Gasteiger partial charge in [-0.05, 0) is 23.6 Å². The maximum absolute atomic E-state index is 13.7. The van der Waals surface area contributed by atoms with Crippen molar-refractivity contribution >= 4 is 39.1 Å². The number of carbonyl (C=O) groups excluding carboxylic acids is 1. The average Bonchev–Trinajstić information content (AvgIpc) is 2.87. The van der Waals surface area contributed by atoms with Gasteiger partial charge in [-0.25, -0.2) is 13.6 Å². The van der Waals surface area contributed by atoms with Gasteiger partial charge in [0, 0.05) is 9.35 Å². The molecule has 2 N–H and O–H groups in total. The normalized spacial score (nSPS) is 12.0. The van der Waals surface area contributed by atoms with Crippen molar-refractivity contribution in [2.75, 3.05) is 0 Å². The summed E-state index contributed by atoms with van der Waals surface area (Å²) in [6, 6.07) is 3.62. The summed E-state index contributed by atoms with van der Waals surface area (Å²) in [5.74, 6) is -4.59. The van der Waals surface area contributed by atoms with Crippen molar-refractivity contribution in [2.24, 2.45) is 0 Å². The lowest BCUT2D eigenvalue weighted by Crippen LogP contribution is -2.34. The van der Waals surface area contributed by atoms with Crippen LogP contribution in [0.4, 0.5) is 8.78 Å². The lowest BCUT2D eigenvalue weighted by atomic mass is 10.1. The lowest BCUT2D eigenvalue weighted by Gasteiger charge is -2.13. The second-order valence-electron chi connectivity index (χ2n) is 4.00. The molecule has 1 aromatic heterocycles. The van der Waals surface area contributed by atoms with E-state index >= 15 is 0 Å². The predicted molar refractivity (Wildman–Crippen MR) is 76.2 cm³/mol.